The molecule has 3 heterocycles. The van der Waals surface area contributed by atoms with Crippen molar-refractivity contribution in [3.8, 4) is 0 Å². The molecule has 1 N–H and O–H groups in total. The summed E-state index contributed by atoms with van der Waals surface area (Å²) in [5, 5.41) is 17.5. The van der Waals surface area contributed by atoms with Crippen LogP contribution in [0.25, 0.3) is 4.96 Å². The molecule has 0 bridgehead atoms. The van der Waals surface area contributed by atoms with Gasteiger partial charge < -0.3 is 5.32 Å². The van der Waals surface area contributed by atoms with E-state index in [-0.39, 0.29) is 0 Å². The molecular weight excluding hydrogens is 246 g/mol. The molecule has 18 heavy (non-hydrogen) atoms. The lowest BCUT2D eigenvalue weighted by atomic mass is 9.78. The second kappa shape index (κ2) is 4.28. The lowest BCUT2D eigenvalue weighted by Gasteiger charge is -2.39. The molecule has 3 atom stereocenters. The zero-order valence-electron chi connectivity index (χ0n) is 10.2. The summed E-state index contributed by atoms with van der Waals surface area (Å²) in [6.45, 7) is 0. The van der Waals surface area contributed by atoms with Gasteiger partial charge >= 0.3 is 0 Å². The molecule has 0 aromatic carbocycles. The van der Waals surface area contributed by atoms with E-state index in [0.29, 0.717) is 12.1 Å². The quantitative estimate of drug-likeness (QED) is 0.856. The predicted octanol–water partition coefficient (Wildman–Crippen LogP) is 2.17. The van der Waals surface area contributed by atoms with Crippen LogP contribution in [0.5, 0.6) is 0 Å². The number of fused-ring (bicyclic) bond motifs is 2. The number of nitrogens with zero attached hydrogens (tertiary/aromatic N) is 4. The first kappa shape index (κ1) is 10.9. The summed E-state index contributed by atoms with van der Waals surface area (Å²) >= 11 is 1.67. The first-order chi connectivity index (χ1) is 8.90. The fourth-order valence-electron chi connectivity index (χ4n) is 3.41. The van der Waals surface area contributed by atoms with Crippen molar-refractivity contribution in [1.82, 2.24) is 25.1 Å². The maximum Gasteiger partial charge on any atom is 0.234 e. The molecule has 0 amide bonds. The number of hydrogen-bond donors (Lipinski definition) is 1. The van der Waals surface area contributed by atoms with Crippen molar-refractivity contribution in [3.05, 3.63) is 11.3 Å². The van der Waals surface area contributed by atoms with Gasteiger partial charge in [-0.05, 0) is 31.6 Å². The van der Waals surface area contributed by atoms with E-state index in [0.717, 1.165) is 10.9 Å². The fourth-order valence-corrected chi connectivity index (χ4v) is 4.32. The molecule has 1 aliphatic heterocycles. The van der Waals surface area contributed by atoms with Gasteiger partial charge in [0.05, 0.1) is 6.04 Å². The predicted molar refractivity (Wildman–Crippen MR) is 69.5 cm³/mol. The minimum atomic E-state index is 0.427. The number of rotatable bonds is 1. The Hall–Kier alpha value is -1.01. The molecule has 5 nitrogen and oxygen atoms in total. The highest BCUT2D eigenvalue weighted by Gasteiger charge is 2.33. The third-order valence-corrected chi connectivity index (χ3v) is 5.38. The Kier molecular flexibility index (Phi) is 2.58. The summed E-state index contributed by atoms with van der Waals surface area (Å²) in [5.41, 5.74) is 0. The lowest BCUT2D eigenvalue weighted by molar-refractivity contribution is 0.176. The molecular formula is C12H17N5S. The Balaban J connectivity index is 1.56. The highest BCUT2D eigenvalue weighted by Crippen LogP contribution is 2.37. The second-order valence-electron chi connectivity index (χ2n) is 5.45. The van der Waals surface area contributed by atoms with E-state index in [2.05, 4.69) is 20.6 Å². The van der Waals surface area contributed by atoms with E-state index in [1.165, 1.54) is 43.5 Å². The SMILES string of the molecule is c1nnc2sc(C3CCC4CCCCC4N3)nn12. The van der Waals surface area contributed by atoms with Crippen molar-refractivity contribution in [1.29, 1.82) is 0 Å². The summed E-state index contributed by atoms with van der Waals surface area (Å²) in [6, 6.07) is 1.14. The van der Waals surface area contributed by atoms with Gasteiger partial charge in [0.2, 0.25) is 4.96 Å². The van der Waals surface area contributed by atoms with Crippen LogP contribution in [0.4, 0.5) is 0 Å². The molecule has 0 spiro atoms. The molecule has 2 aromatic heterocycles. The van der Waals surface area contributed by atoms with Gasteiger partial charge in [-0.15, -0.1) is 10.2 Å². The van der Waals surface area contributed by atoms with Gasteiger partial charge in [0.25, 0.3) is 0 Å². The minimum Gasteiger partial charge on any atom is -0.305 e. The van der Waals surface area contributed by atoms with Gasteiger partial charge in [0.1, 0.15) is 11.3 Å². The van der Waals surface area contributed by atoms with Gasteiger partial charge in [0.15, 0.2) is 0 Å². The molecule has 2 aromatic rings. The Morgan fingerprint density at radius 2 is 2.17 bits per heavy atom. The summed E-state index contributed by atoms with van der Waals surface area (Å²) in [7, 11) is 0. The normalized spacial score (nSPS) is 32.6. The molecule has 1 saturated carbocycles. The highest BCUT2D eigenvalue weighted by molar-refractivity contribution is 7.16. The number of aromatic nitrogens is 4. The van der Waals surface area contributed by atoms with E-state index in [1.807, 2.05) is 0 Å². The second-order valence-corrected chi connectivity index (χ2v) is 6.43. The maximum atomic E-state index is 4.58. The largest absolute Gasteiger partial charge is 0.305 e. The van der Waals surface area contributed by atoms with Crippen LogP contribution >= 0.6 is 11.3 Å². The van der Waals surface area contributed by atoms with Crippen LogP contribution in [0, 0.1) is 5.92 Å². The molecule has 1 aliphatic carbocycles. The van der Waals surface area contributed by atoms with Crippen LogP contribution in [0.1, 0.15) is 49.6 Å². The molecule has 0 radical (unpaired) electrons. The zero-order chi connectivity index (χ0) is 11.9. The van der Waals surface area contributed by atoms with Crippen molar-refractivity contribution < 1.29 is 0 Å². The van der Waals surface area contributed by atoms with E-state index in [4.69, 9.17) is 0 Å². The molecule has 6 heteroatoms. The van der Waals surface area contributed by atoms with Crippen molar-refractivity contribution in [2.45, 2.75) is 50.6 Å². The van der Waals surface area contributed by atoms with Gasteiger partial charge in [-0.1, -0.05) is 24.2 Å². The summed E-state index contributed by atoms with van der Waals surface area (Å²) in [5.74, 6) is 0.903. The molecule has 2 fully saturated rings. The van der Waals surface area contributed by atoms with Crippen LogP contribution < -0.4 is 5.32 Å². The Morgan fingerprint density at radius 3 is 3.11 bits per heavy atom. The topological polar surface area (TPSA) is 55.1 Å². The van der Waals surface area contributed by atoms with Crippen molar-refractivity contribution >= 4 is 16.3 Å². The van der Waals surface area contributed by atoms with E-state index in [9.17, 15) is 0 Å². The Labute approximate surface area is 110 Å². The van der Waals surface area contributed by atoms with E-state index >= 15 is 0 Å². The average Bonchev–Trinajstić information content (AvgIpc) is 2.99. The van der Waals surface area contributed by atoms with Crippen molar-refractivity contribution in [2.75, 3.05) is 0 Å². The molecule has 2 aliphatic rings. The Bertz CT molecular complexity index is 519. The van der Waals surface area contributed by atoms with Crippen LogP contribution in [0.2, 0.25) is 0 Å². The third-order valence-electron chi connectivity index (χ3n) is 4.35. The summed E-state index contributed by atoms with van der Waals surface area (Å²) in [4.78, 5) is 0.901. The smallest absolute Gasteiger partial charge is 0.234 e. The third kappa shape index (κ3) is 1.75. The van der Waals surface area contributed by atoms with Crippen LogP contribution in [-0.4, -0.2) is 25.9 Å². The number of nitrogens with one attached hydrogen (secondary N) is 1. The summed E-state index contributed by atoms with van der Waals surface area (Å²) in [6.07, 6.45) is 9.80. The molecule has 1 saturated heterocycles. The van der Waals surface area contributed by atoms with Gasteiger partial charge in [-0.3, -0.25) is 0 Å². The standard InChI is InChI=1S/C12H17N5S/c1-2-4-9-8(3-1)5-6-10(14-9)11-16-17-7-13-15-12(17)18-11/h7-10,14H,1-6H2. The first-order valence-corrected chi connectivity index (χ1v) is 7.64. The van der Waals surface area contributed by atoms with E-state index < -0.39 is 0 Å². The highest BCUT2D eigenvalue weighted by atomic mass is 32.1. The van der Waals surface area contributed by atoms with Crippen molar-refractivity contribution in [3.63, 3.8) is 0 Å². The van der Waals surface area contributed by atoms with Gasteiger partial charge in [-0.2, -0.15) is 9.61 Å². The van der Waals surface area contributed by atoms with Crippen LogP contribution in [-0.2, 0) is 0 Å². The molecule has 96 valence electrons. The Morgan fingerprint density at radius 1 is 1.22 bits per heavy atom. The lowest BCUT2D eigenvalue weighted by Crippen LogP contribution is -2.44. The first-order valence-electron chi connectivity index (χ1n) is 6.83. The average molecular weight is 263 g/mol. The van der Waals surface area contributed by atoms with Crippen LogP contribution in [0.3, 0.4) is 0 Å². The summed E-state index contributed by atoms with van der Waals surface area (Å²) < 4.78 is 1.79. The maximum absolute atomic E-state index is 4.58. The van der Waals surface area contributed by atoms with Crippen molar-refractivity contribution in [2.24, 2.45) is 5.92 Å². The van der Waals surface area contributed by atoms with Crippen LogP contribution in [0.15, 0.2) is 6.33 Å². The number of hydrogen-bond acceptors (Lipinski definition) is 5. The zero-order valence-corrected chi connectivity index (χ0v) is 11.1. The fraction of sp³-hybridized carbons (Fsp3) is 0.750. The monoisotopic (exact) mass is 263 g/mol. The van der Waals surface area contributed by atoms with Gasteiger partial charge in [0, 0.05) is 6.04 Å². The minimum absolute atomic E-state index is 0.427. The van der Waals surface area contributed by atoms with E-state index in [1.54, 1.807) is 22.2 Å². The number of piperidine rings is 1. The molecule has 4 rings (SSSR count). The van der Waals surface area contributed by atoms with Gasteiger partial charge in [-0.25, -0.2) is 0 Å². The molecule has 3 unspecified atom stereocenters.